The summed E-state index contributed by atoms with van der Waals surface area (Å²) in [6, 6.07) is 16.8. The number of para-hydroxylation sites is 1. The van der Waals surface area contributed by atoms with Crippen LogP contribution in [0.5, 0.6) is 0 Å². The monoisotopic (exact) mass is 250 g/mol. The Morgan fingerprint density at radius 2 is 1.63 bits per heavy atom. The first-order valence-electron chi connectivity index (χ1n) is 5.85. The molecule has 0 aliphatic heterocycles. The van der Waals surface area contributed by atoms with Crippen molar-refractivity contribution in [3.8, 4) is 11.1 Å². The van der Waals surface area contributed by atoms with E-state index in [1.54, 1.807) is 0 Å². The normalized spacial score (nSPS) is 10.5. The molecule has 92 valence electrons. The zero-order valence-electron chi connectivity index (χ0n) is 9.98. The molecule has 0 fully saturated rings. The van der Waals surface area contributed by atoms with Gasteiger partial charge in [0.25, 0.3) is 5.69 Å². The lowest BCUT2D eigenvalue weighted by Crippen LogP contribution is -1.95. The first-order valence-corrected chi connectivity index (χ1v) is 5.85. The highest BCUT2D eigenvalue weighted by Crippen LogP contribution is 2.35. The minimum Gasteiger partial charge on any atom is -0.258 e. The fourth-order valence-electron chi connectivity index (χ4n) is 2.18. The van der Waals surface area contributed by atoms with E-state index in [1.165, 1.54) is 6.20 Å². The highest BCUT2D eigenvalue weighted by atomic mass is 16.6. The van der Waals surface area contributed by atoms with Crippen molar-refractivity contribution in [3.63, 3.8) is 0 Å². The summed E-state index contributed by atoms with van der Waals surface area (Å²) in [5, 5.41) is 12.0. The van der Waals surface area contributed by atoms with E-state index in [-0.39, 0.29) is 10.6 Å². The van der Waals surface area contributed by atoms with Gasteiger partial charge in [0.2, 0.25) is 0 Å². The summed E-state index contributed by atoms with van der Waals surface area (Å²) in [5.41, 5.74) is 2.24. The fraction of sp³-hybridized carbons (Fsp3) is 0. The van der Waals surface area contributed by atoms with Crippen LogP contribution in [0.2, 0.25) is 0 Å². The Bertz CT molecular complexity index is 754. The Morgan fingerprint density at radius 1 is 0.947 bits per heavy atom. The minimum absolute atomic E-state index is 0.0323. The molecule has 0 saturated heterocycles. The summed E-state index contributed by atoms with van der Waals surface area (Å²) in [5.74, 6) is 0. The van der Waals surface area contributed by atoms with Crippen molar-refractivity contribution in [2.24, 2.45) is 0 Å². The molecular weight excluding hydrogens is 240 g/mol. The number of aromatic nitrogens is 1. The summed E-state index contributed by atoms with van der Waals surface area (Å²) >= 11 is 0. The molecule has 1 aromatic heterocycles. The number of hydrogen-bond donors (Lipinski definition) is 0. The summed E-state index contributed by atoms with van der Waals surface area (Å²) in [6.45, 7) is 0. The van der Waals surface area contributed by atoms with Crippen LogP contribution in [0.1, 0.15) is 0 Å². The van der Waals surface area contributed by atoms with Gasteiger partial charge in [0.05, 0.1) is 16.0 Å². The van der Waals surface area contributed by atoms with Crippen LogP contribution >= 0.6 is 0 Å². The van der Waals surface area contributed by atoms with Gasteiger partial charge in [-0.05, 0) is 11.6 Å². The predicted molar refractivity (Wildman–Crippen MR) is 73.8 cm³/mol. The average Bonchev–Trinajstić information content (AvgIpc) is 2.46. The molecule has 4 heteroatoms. The molecule has 0 amide bonds. The Kier molecular flexibility index (Phi) is 2.68. The van der Waals surface area contributed by atoms with Gasteiger partial charge in [-0.2, -0.15) is 0 Å². The molecule has 0 aliphatic carbocycles. The van der Waals surface area contributed by atoms with Crippen molar-refractivity contribution in [1.82, 2.24) is 4.98 Å². The maximum absolute atomic E-state index is 11.2. The van der Waals surface area contributed by atoms with E-state index in [4.69, 9.17) is 0 Å². The molecule has 3 rings (SSSR count). The third kappa shape index (κ3) is 1.93. The second kappa shape index (κ2) is 4.49. The van der Waals surface area contributed by atoms with E-state index in [9.17, 15) is 10.1 Å². The summed E-state index contributed by atoms with van der Waals surface area (Å²) < 4.78 is 0. The number of fused-ring (bicyclic) bond motifs is 1. The van der Waals surface area contributed by atoms with Gasteiger partial charge in [0.1, 0.15) is 6.20 Å². The molecule has 2 aromatic carbocycles. The zero-order chi connectivity index (χ0) is 13.2. The molecule has 4 nitrogen and oxygen atoms in total. The lowest BCUT2D eigenvalue weighted by molar-refractivity contribution is -0.384. The largest absolute Gasteiger partial charge is 0.295 e. The Balaban J connectivity index is 2.42. The molecule has 0 saturated carbocycles. The maximum atomic E-state index is 11.2. The quantitative estimate of drug-likeness (QED) is 0.513. The van der Waals surface area contributed by atoms with Crippen molar-refractivity contribution in [3.05, 3.63) is 70.9 Å². The first-order chi connectivity index (χ1) is 9.27. The highest BCUT2D eigenvalue weighted by Gasteiger charge is 2.18. The molecule has 19 heavy (non-hydrogen) atoms. The van der Waals surface area contributed by atoms with E-state index in [0.717, 1.165) is 16.5 Å². The number of benzene rings is 2. The smallest absolute Gasteiger partial charge is 0.258 e. The van der Waals surface area contributed by atoms with Crippen LogP contribution in [0.3, 0.4) is 0 Å². The lowest BCUT2D eigenvalue weighted by atomic mass is 10.00. The van der Waals surface area contributed by atoms with Crippen LogP contribution < -0.4 is 0 Å². The van der Waals surface area contributed by atoms with E-state index >= 15 is 0 Å². The van der Waals surface area contributed by atoms with Crippen LogP contribution in [-0.2, 0) is 0 Å². The number of hydrogen-bond acceptors (Lipinski definition) is 3. The summed E-state index contributed by atoms with van der Waals surface area (Å²) in [6.07, 6.45) is 1.32. The second-order valence-corrected chi connectivity index (χ2v) is 4.16. The highest BCUT2D eigenvalue weighted by molar-refractivity contribution is 5.98. The molecule has 0 aliphatic rings. The lowest BCUT2D eigenvalue weighted by Gasteiger charge is -2.07. The van der Waals surface area contributed by atoms with Crippen LogP contribution in [-0.4, -0.2) is 9.91 Å². The van der Waals surface area contributed by atoms with Crippen molar-refractivity contribution in [2.45, 2.75) is 0 Å². The van der Waals surface area contributed by atoms with Crippen LogP contribution in [0, 0.1) is 10.1 Å². The molecule has 0 N–H and O–H groups in total. The Morgan fingerprint density at radius 3 is 2.37 bits per heavy atom. The minimum atomic E-state index is -0.387. The molecule has 3 aromatic rings. The summed E-state index contributed by atoms with van der Waals surface area (Å²) in [7, 11) is 0. The molecule has 0 unspecified atom stereocenters. The number of rotatable bonds is 2. The van der Waals surface area contributed by atoms with Gasteiger partial charge in [-0.15, -0.1) is 0 Å². The van der Waals surface area contributed by atoms with E-state index in [2.05, 4.69) is 4.98 Å². The maximum Gasteiger partial charge on any atom is 0.295 e. The standard InChI is InChI=1S/C15H10N2O2/c18-17(19)14-10-16-13-9-5-4-8-12(13)15(14)11-6-2-1-3-7-11/h1-10H. The van der Waals surface area contributed by atoms with Crippen molar-refractivity contribution in [2.75, 3.05) is 0 Å². The second-order valence-electron chi connectivity index (χ2n) is 4.16. The van der Waals surface area contributed by atoms with Crippen LogP contribution in [0.15, 0.2) is 60.8 Å². The van der Waals surface area contributed by atoms with Gasteiger partial charge >= 0.3 is 0 Å². The van der Waals surface area contributed by atoms with Crippen molar-refractivity contribution < 1.29 is 4.92 Å². The number of pyridine rings is 1. The average molecular weight is 250 g/mol. The number of nitrogens with zero attached hydrogens (tertiary/aromatic N) is 2. The van der Waals surface area contributed by atoms with Gasteiger partial charge in [-0.25, -0.2) is 4.98 Å². The predicted octanol–water partition coefficient (Wildman–Crippen LogP) is 3.81. The van der Waals surface area contributed by atoms with Gasteiger partial charge in [0.15, 0.2) is 0 Å². The molecule has 0 atom stereocenters. The topological polar surface area (TPSA) is 56.0 Å². The molecule has 0 spiro atoms. The molecule has 0 radical (unpaired) electrons. The van der Waals surface area contributed by atoms with E-state index < -0.39 is 0 Å². The molecule has 0 bridgehead atoms. The third-order valence-corrected chi connectivity index (χ3v) is 3.01. The fourth-order valence-corrected chi connectivity index (χ4v) is 2.18. The van der Waals surface area contributed by atoms with E-state index in [1.807, 2.05) is 54.6 Å². The molecule has 1 heterocycles. The van der Waals surface area contributed by atoms with Gasteiger partial charge in [0, 0.05) is 5.39 Å². The van der Waals surface area contributed by atoms with Gasteiger partial charge < -0.3 is 0 Å². The SMILES string of the molecule is O=[N+]([O-])c1cnc2ccccc2c1-c1ccccc1. The van der Waals surface area contributed by atoms with Crippen LogP contribution in [0.25, 0.3) is 22.0 Å². The van der Waals surface area contributed by atoms with E-state index in [0.29, 0.717) is 5.56 Å². The molecular formula is C15H10N2O2. The van der Waals surface area contributed by atoms with Crippen LogP contribution in [0.4, 0.5) is 5.69 Å². The van der Waals surface area contributed by atoms with Gasteiger partial charge in [-0.1, -0.05) is 48.5 Å². The van der Waals surface area contributed by atoms with Crippen molar-refractivity contribution >= 4 is 16.6 Å². The Hall–Kier alpha value is -2.75. The first kappa shape index (κ1) is 11.3. The summed E-state index contributed by atoms with van der Waals surface area (Å²) in [4.78, 5) is 15.0. The van der Waals surface area contributed by atoms with Gasteiger partial charge in [-0.3, -0.25) is 10.1 Å². The Labute approximate surface area is 109 Å². The number of nitro groups is 1. The third-order valence-electron chi connectivity index (χ3n) is 3.01. The van der Waals surface area contributed by atoms with Crippen molar-refractivity contribution in [1.29, 1.82) is 0 Å². The zero-order valence-corrected chi connectivity index (χ0v) is 9.98.